The second kappa shape index (κ2) is 14.2. The molecule has 0 spiro atoms. The maximum atomic E-state index is 13.5. The third kappa shape index (κ3) is 8.01. The maximum Gasteiger partial charge on any atom is 0.195 e. The summed E-state index contributed by atoms with van der Waals surface area (Å²) in [6, 6.07) is 12.4. The van der Waals surface area contributed by atoms with Gasteiger partial charge in [-0.15, -0.1) is 24.0 Å². The monoisotopic (exact) mass is 572 g/mol. The molecule has 0 aliphatic carbocycles. The third-order valence-corrected chi connectivity index (χ3v) is 5.23. The Labute approximate surface area is 212 Å². The summed E-state index contributed by atoms with van der Waals surface area (Å²) in [5.74, 6) is 1.79. The molecule has 1 atom stereocenters. The summed E-state index contributed by atoms with van der Waals surface area (Å²) < 4.78 is 30.1. The van der Waals surface area contributed by atoms with Gasteiger partial charge >= 0.3 is 0 Å². The highest BCUT2D eigenvalue weighted by molar-refractivity contribution is 14.0. The molecule has 0 saturated carbocycles. The molecule has 7 nitrogen and oxygen atoms in total. The van der Waals surface area contributed by atoms with Crippen LogP contribution in [0, 0.1) is 5.82 Å². The minimum atomic E-state index is -0.238. The van der Waals surface area contributed by atoms with Gasteiger partial charge in [0.25, 0.3) is 0 Å². The first kappa shape index (κ1) is 27.1. The number of anilines is 1. The summed E-state index contributed by atoms with van der Waals surface area (Å²) in [6.07, 6.45) is 0. The molecule has 1 unspecified atom stereocenters. The predicted molar refractivity (Wildman–Crippen MR) is 141 cm³/mol. The average molecular weight is 572 g/mol. The van der Waals surface area contributed by atoms with E-state index in [2.05, 4.69) is 15.5 Å². The van der Waals surface area contributed by atoms with Gasteiger partial charge in [0.05, 0.1) is 39.5 Å². The van der Waals surface area contributed by atoms with Gasteiger partial charge in [0.2, 0.25) is 0 Å². The molecule has 0 amide bonds. The number of rotatable bonds is 9. The van der Waals surface area contributed by atoms with Gasteiger partial charge in [-0.1, -0.05) is 12.1 Å². The minimum Gasteiger partial charge on any atom is -0.493 e. The second-order valence-corrected chi connectivity index (χ2v) is 7.36. The Morgan fingerprint density at radius 2 is 1.85 bits per heavy atom. The smallest absolute Gasteiger partial charge is 0.195 e. The zero-order valence-electron chi connectivity index (χ0n) is 19.5. The van der Waals surface area contributed by atoms with Gasteiger partial charge in [-0.3, -0.25) is 9.89 Å². The molecule has 1 fully saturated rings. The van der Waals surface area contributed by atoms with Crippen LogP contribution in [-0.4, -0.2) is 64.0 Å². The molecule has 2 aromatic rings. The molecule has 1 heterocycles. The summed E-state index contributed by atoms with van der Waals surface area (Å²) in [5, 5.41) is 6.64. The van der Waals surface area contributed by atoms with Gasteiger partial charge in [0.15, 0.2) is 17.5 Å². The minimum absolute atomic E-state index is 0. The number of aliphatic imine (C=N–C) groups is 1. The van der Waals surface area contributed by atoms with Crippen LogP contribution in [0.25, 0.3) is 0 Å². The number of hydrogen-bond acceptors (Lipinski definition) is 5. The Bertz CT molecular complexity index is 877. The van der Waals surface area contributed by atoms with E-state index in [1.165, 1.54) is 12.1 Å². The highest BCUT2D eigenvalue weighted by Crippen LogP contribution is 2.30. The van der Waals surface area contributed by atoms with E-state index in [-0.39, 0.29) is 35.8 Å². The molecule has 2 aromatic carbocycles. The van der Waals surface area contributed by atoms with Crippen molar-refractivity contribution in [3.63, 3.8) is 0 Å². The van der Waals surface area contributed by atoms with E-state index in [9.17, 15) is 4.39 Å². The van der Waals surface area contributed by atoms with Crippen LogP contribution in [0.1, 0.15) is 25.5 Å². The van der Waals surface area contributed by atoms with Crippen LogP contribution in [0.2, 0.25) is 0 Å². The summed E-state index contributed by atoms with van der Waals surface area (Å²) in [6.45, 7) is 8.76. The van der Waals surface area contributed by atoms with Crippen molar-refractivity contribution in [2.75, 3.05) is 58.4 Å². The molecule has 33 heavy (non-hydrogen) atoms. The van der Waals surface area contributed by atoms with Crippen LogP contribution in [0.3, 0.4) is 0 Å². The largest absolute Gasteiger partial charge is 0.493 e. The molecule has 1 saturated heterocycles. The number of nitrogens with zero attached hydrogens (tertiary/aromatic N) is 2. The fraction of sp³-hybridized carbons (Fsp3) is 0.458. The molecule has 3 rings (SSSR count). The van der Waals surface area contributed by atoms with Gasteiger partial charge in [-0.2, -0.15) is 0 Å². The first-order chi connectivity index (χ1) is 15.6. The Hall–Kier alpha value is -2.11. The lowest BCUT2D eigenvalue weighted by atomic mass is 10.0. The number of hydrogen-bond donors (Lipinski definition) is 2. The van der Waals surface area contributed by atoms with Crippen molar-refractivity contribution in [1.29, 1.82) is 0 Å². The average Bonchev–Trinajstić information content (AvgIpc) is 2.81. The zero-order valence-corrected chi connectivity index (χ0v) is 21.8. The van der Waals surface area contributed by atoms with Crippen molar-refractivity contribution >= 4 is 35.6 Å². The number of methoxy groups -OCH3 is 1. The van der Waals surface area contributed by atoms with Gasteiger partial charge in [0, 0.05) is 31.4 Å². The van der Waals surface area contributed by atoms with Crippen LogP contribution >= 0.6 is 24.0 Å². The molecular weight excluding hydrogens is 538 g/mol. The van der Waals surface area contributed by atoms with E-state index >= 15 is 0 Å². The van der Waals surface area contributed by atoms with E-state index in [0.29, 0.717) is 43.8 Å². The topological polar surface area (TPSA) is 67.4 Å². The number of ether oxygens (including phenoxy) is 3. The van der Waals surface area contributed by atoms with Gasteiger partial charge in [-0.25, -0.2) is 4.39 Å². The number of nitrogens with one attached hydrogen (secondary N) is 2. The standard InChI is InChI=1S/C24H33FN4O3.HI/c1-4-26-24(28-20-10-11-22(30-3)23(16-20)32-5-2)27-17-21(29-12-14-31-15-13-29)18-6-8-19(25)9-7-18;/h6-11,16,21H,4-5,12-15,17H2,1-3H3,(H2,26,27,28);1H. The number of guanidine groups is 1. The number of morpholine rings is 1. The van der Waals surface area contributed by atoms with E-state index in [0.717, 1.165) is 30.9 Å². The fourth-order valence-electron chi connectivity index (χ4n) is 3.65. The Morgan fingerprint density at radius 3 is 2.48 bits per heavy atom. The Balaban J connectivity index is 0.00000385. The summed E-state index contributed by atoms with van der Waals surface area (Å²) >= 11 is 0. The zero-order chi connectivity index (χ0) is 22.8. The van der Waals surface area contributed by atoms with Crippen molar-refractivity contribution < 1.29 is 18.6 Å². The third-order valence-electron chi connectivity index (χ3n) is 5.23. The highest BCUT2D eigenvalue weighted by atomic mass is 127. The van der Waals surface area contributed by atoms with Crippen molar-refractivity contribution in [2.45, 2.75) is 19.9 Å². The summed E-state index contributed by atoms with van der Waals surface area (Å²) in [4.78, 5) is 7.19. The molecule has 182 valence electrons. The molecule has 0 aromatic heterocycles. The number of benzene rings is 2. The summed E-state index contributed by atoms with van der Waals surface area (Å²) in [5.41, 5.74) is 1.88. The molecule has 0 bridgehead atoms. The maximum absolute atomic E-state index is 13.5. The van der Waals surface area contributed by atoms with Crippen molar-refractivity contribution in [3.05, 3.63) is 53.8 Å². The molecule has 1 aliphatic heterocycles. The van der Waals surface area contributed by atoms with Gasteiger partial charge < -0.3 is 24.8 Å². The fourth-order valence-corrected chi connectivity index (χ4v) is 3.65. The van der Waals surface area contributed by atoms with Crippen molar-refractivity contribution in [2.24, 2.45) is 4.99 Å². The van der Waals surface area contributed by atoms with Gasteiger partial charge in [-0.05, 0) is 43.7 Å². The molecule has 9 heteroatoms. The van der Waals surface area contributed by atoms with E-state index in [1.807, 2.05) is 44.2 Å². The number of halogens is 2. The predicted octanol–water partition coefficient (Wildman–Crippen LogP) is 4.30. The molecule has 1 aliphatic rings. The lowest BCUT2D eigenvalue weighted by Gasteiger charge is -2.34. The SMILES string of the molecule is CCNC(=NCC(c1ccc(F)cc1)N1CCOCC1)Nc1ccc(OC)c(OCC)c1.I. The highest BCUT2D eigenvalue weighted by Gasteiger charge is 2.22. The second-order valence-electron chi connectivity index (χ2n) is 7.36. The van der Waals surface area contributed by atoms with Crippen LogP contribution in [0.5, 0.6) is 11.5 Å². The van der Waals surface area contributed by atoms with Crippen LogP contribution < -0.4 is 20.1 Å². The van der Waals surface area contributed by atoms with Crippen LogP contribution in [0.15, 0.2) is 47.5 Å². The quantitative estimate of drug-likeness (QED) is 0.266. The van der Waals surface area contributed by atoms with Gasteiger partial charge in [0.1, 0.15) is 5.82 Å². The first-order valence-corrected chi connectivity index (χ1v) is 11.1. The summed E-state index contributed by atoms with van der Waals surface area (Å²) in [7, 11) is 1.62. The van der Waals surface area contributed by atoms with Crippen LogP contribution in [-0.2, 0) is 4.74 Å². The van der Waals surface area contributed by atoms with E-state index in [4.69, 9.17) is 19.2 Å². The molecule has 2 N–H and O–H groups in total. The normalized spacial score (nSPS) is 15.3. The van der Waals surface area contributed by atoms with E-state index < -0.39 is 0 Å². The van der Waals surface area contributed by atoms with Crippen molar-refractivity contribution in [3.8, 4) is 11.5 Å². The van der Waals surface area contributed by atoms with Crippen molar-refractivity contribution in [1.82, 2.24) is 10.2 Å². The van der Waals surface area contributed by atoms with Crippen LogP contribution in [0.4, 0.5) is 10.1 Å². The molecular formula is C24H34FIN4O3. The van der Waals surface area contributed by atoms with E-state index in [1.54, 1.807) is 7.11 Å². The molecule has 0 radical (unpaired) electrons. The Morgan fingerprint density at radius 1 is 1.12 bits per heavy atom. The Kier molecular flexibility index (Phi) is 11.7. The lowest BCUT2D eigenvalue weighted by molar-refractivity contribution is 0.0180. The lowest BCUT2D eigenvalue weighted by Crippen LogP contribution is -2.41. The first-order valence-electron chi connectivity index (χ1n) is 11.1.